The second kappa shape index (κ2) is 7.64. The lowest BCUT2D eigenvalue weighted by Gasteiger charge is -2.32. The van der Waals surface area contributed by atoms with Gasteiger partial charge in [0.25, 0.3) is 0 Å². The van der Waals surface area contributed by atoms with Crippen LogP contribution in [0, 0.1) is 18.8 Å². The van der Waals surface area contributed by atoms with E-state index in [9.17, 15) is 0 Å². The maximum absolute atomic E-state index is 6.47. The third kappa shape index (κ3) is 4.23. The minimum absolute atomic E-state index is 0.212. The van der Waals surface area contributed by atoms with Crippen molar-refractivity contribution in [1.82, 2.24) is 9.78 Å². The lowest BCUT2D eigenvalue weighted by atomic mass is 9.76. The normalized spacial score (nSPS) is 24.2. The SMILES string of the molecule is CCCCC1CCC(C(N)Cc2c(Cl)c(C)nn2C)CC1. The van der Waals surface area contributed by atoms with Crippen molar-refractivity contribution in [2.75, 3.05) is 0 Å². The van der Waals surface area contributed by atoms with Crippen molar-refractivity contribution < 1.29 is 0 Å². The highest BCUT2D eigenvalue weighted by atomic mass is 35.5. The average Bonchev–Trinajstić information content (AvgIpc) is 2.72. The number of hydrogen-bond donors (Lipinski definition) is 1. The minimum Gasteiger partial charge on any atom is -0.327 e. The predicted molar refractivity (Wildman–Crippen MR) is 89.6 cm³/mol. The summed E-state index contributed by atoms with van der Waals surface area (Å²) in [6.07, 6.45) is 10.2. The van der Waals surface area contributed by atoms with Gasteiger partial charge in [-0.1, -0.05) is 50.6 Å². The molecule has 0 aliphatic heterocycles. The van der Waals surface area contributed by atoms with Crippen LogP contribution >= 0.6 is 11.6 Å². The molecule has 1 saturated carbocycles. The Hall–Kier alpha value is -0.540. The van der Waals surface area contributed by atoms with Gasteiger partial charge in [0, 0.05) is 19.5 Å². The van der Waals surface area contributed by atoms with E-state index in [2.05, 4.69) is 12.0 Å². The Labute approximate surface area is 134 Å². The Morgan fingerprint density at radius 3 is 2.52 bits per heavy atom. The Bertz CT molecular complexity index is 447. The van der Waals surface area contributed by atoms with E-state index in [0.717, 1.165) is 28.7 Å². The summed E-state index contributed by atoms with van der Waals surface area (Å²) in [5.74, 6) is 1.59. The summed E-state index contributed by atoms with van der Waals surface area (Å²) in [4.78, 5) is 0. The molecule has 0 radical (unpaired) electrons. The quantitative estimate of drug-likeness (QED) is 0.853. The fourth-order valence-corrected chi connectivity index (χ4v) is 3.93. The van der Waals surface area contributed by atoms with Gasteiger partial charge in [0.15, 0.2) is 0 Å². The molecule has 3 nitrogen and oxygen atoms in total. The van der Waals surface area contributed by atoms with Crippen LogP contribution in [0.2, 0.25) is 5.02 Å². The summed E-state index contributed by atoms with van der Waals surface area (Å²) < 4.78 is 1.89. The summed E-state index contributed by atoms with van der Waals surface area (Å²) in [5.41, 5.74) is 8.47. The second-order valence-electron chi connectivity index (χ2n) is 6.76. The van der Waals surface area contributed by atoms with Crippen molar-refractivity contribution in [1.29, 1.82) is 0 Å². The van der Waals surface area contributed by atoms with Crippen LogP contribution < -0.4 is 5.73 Å². The van der Waals surface area contributed by atoms with Gasteiger partial charge in [-0.2, -0.15) is 5.10 Å². The molecule has 1 atom stereocenters. The third-order valence-corrected chi connectivity index (χ3v) is 5.65. The molecule has 2 rings (SSSR count). The summed E-state index contributed by atoms with van der Waals surface area (Å²) >= 11 is 6.34. The fraction of sp³-hybridized carbons (Fsp3) is 0.824. The summed E-state index contributed by atoms with van der Waals surface area (Å²) in [7, 11) is 1.96. The molecule has 1 aliphatic rings. The largest absolute Gasteiger partial charge is 0.327 e. The van der Waals surface area contributed by atoms with E-state index in [1.807, 2.05) is 18.7 Å². The minimum atomic E-state index is 0.212. The highest BCUT2D eigenvalue weighted by Crippen LogP contribution is 2.34. The molecule has 1 aromatic heterocycles. The first kappa shape index (κ1) is 16.8. The average molecular weight is 312 g/mol. The zero-order valence-corrected chi connectivity index (χ0v) is 14.5. The van der Waals surface area contributed by atoms with Crippen LogP contribution in [0.25, 0.3) is 0 Å². The van der Waals surface area contributed by atoms with E-state index in [0.29, 0.717) is 5.92 Å². The first-order chi connectivity index (χ1) is 10.0. The first-order valence-corrected chi connectivity index (χ1v) is 8.84. The number of halogens is 1. The molecule has 1 heterocycles. The Morgan fingerprint density at radius 2 is 2.00 bits per heavy atom. The molecular formula is C17H30ClN3. The highest BCUT2D eigenvalue weighted by molar-refractivity contribution is 6.31. The summed E-state index contributed by atoms with van der Waals surface area (Å²) in [6.45, 7) is 4.23. The first-order valence-electron chi connectivity index (χ1n) is 8.46. The number of nitrogens with two attached hydrogens (primary N) is 1. The van der Waals surface area contributed by atoms with Crippen LogP contribution in [-0.4, -0.2) is 15.8 Å². The summed E-state index contributed by atoms with van der Waals surface area (Å²) in [6, 6.07) is 0.212. The van der Waals surface area contributed by atoms with Gasteiger partial charge >= 0.3 is 0 Å². The van der Waals surface area contributed by atoms with Crippen molar-refractivity contribution in [3.05, 3.63) is 16.4 Å². The number of rotatable bonds is 6. The maximum Gasteiger partial charge on any atom is 0.0847 e. The predicted octanol–water partition coefficient (Wildman–Crippen LogP) is 4.25. The highest BCUT2D eigenvalue weighted by Gasteiger charge is 2.26. The third-order valence-electron chi connectivity index (χ3n) is 5.15. The van der Waals surface area contributed by atoms with Crippen molar-refractivity contribution in [2.45, 2.75) is 71.3 Å². The van der Waals surface area contributed by atoms with Gasteiger partial charge in [0.05, 0.1) is 16.4 Å². The second-order valence-corrected chi connectivity index (χ2v) is 7.14. The topological polar surface area (TPSA) is 43.8 Å². The fourth-order valence-electron chi connectivity index (χ4n) is 3.69. The standard InChI is InChI=1S/C17H30ClN3/c1-4-5-6-13-7-9-14(10-8-13)15(19)11-16-17(18)12(2)20-21(16)3/h13-15H,4-11,19H2,1-3H3. The van der Waals surface area contributed by atoms with E-state index in [1.165, 1.54) is 44.9 Å². The van der Waals surface area contributed by atoms with Crippen molar-refractivity contribution in [2.24, 2.45) is 24.6 Å². The Kier molecular flexibility index (Phi) is 6.12. The number of nitrogens with zero attached hydrogens (tertiary/aromatic N) is 2. The van der Waals surface area contributed by atoms with Crippen LogP contribution in [-0.2, 0) is 13.5 Å². The number of aryl methyl sites for hydroxylation is 2. The van der Waals surface area contributed by atoms with E-state index < -0.39 is 0 Å². The zero-order valence-electron chi connectivity index (χ0n) is 13.7. The lowest BCUT2D eigenvalue weighted by Crippen LogP contribution is -2.35. The van der Waals surface area contributed by atoms with E-state index >= 15 is 0 Å². The van der Waals surface area contributed by atoms with E-state index in [1.54, 1.807) is 0 Å². The molecule has 0 spiro atoms. The zero-order chi connectivity index (χ0) is 15.4. The number of aromatic nitrogens is 2. The molecule has 0 saturated heterocycles. The van der Waals surface area contributed by atoms with Crippen molar-refractivity contribution in [3.8, 4) is 0 Å². The molecule has 0 amide bonds. The molecule has 4 heteroatoms. The molecule has 21 heavy (non-hydrogen) atoms. The smallest absolute Gasteiger partial charge is 0.0847 e. The molecule has 1 aromatic rings. The molecule has 0 bridgehead atoms. The van der Waals surface area contributed by atoms with Gasteiger partial charge in [0.2, 0.25) is 0 Å². The Morgan fingerprint density at radius 1 is 1.33 bits per heavy atom. The maximum atomic E-state index is 6.47. The lowest BCUT2D eigenvalue weighted by molar-refractivity contribution is 0.229. The van der Waals surface area contributed by atoms with Gasteiger partial charge in [-0.05, 0) is 31.6 Å². The molecule has 0 aromatic carbocycles. The van der Waals surface area contributed by atoms with Crippen LogP contribution in [0.4, 0.5) is 0 Å². The van der Waals surface area contributed by atoms with Gasteiger partial charge in [0.1, 0.15) is 0 Å². The molecule has 1 aliphatic carbocycles. The Balaban J connectivity index is 1.86. The summed E-state index contributed by atoms with van der Waals surface area (Å²) in [5, 5.41) is 5.18. The molecule has 120 valence electrons. The van der Waals surface area contributed by atoms with Gasteiger partial charge in [-0.25, -0.2) is 0 Å². The number of unbranched alkanes of at least 4 members (excludes halogenated alkanes) is 1. The van der Waals surface area contributed by atoms with Gasteiger partial charge in [-0.3, -0.25) is 4.68 Å². The van der Waals surface area contributed by atoms with Crippen LogP contribution in [0.15, 0.2) is 0 Å². The molecule has 1 unspecified atom stereocenters. The number of hydrogen-bond acceptors (Lipinski definition) is 2. The molecule has 2 N–H and O–H groups in total. The van der Waals surface area contributed by atoms with Crippen LogP contribution in [0.3, 0.4) is 0 Å². The van der Waals surface area contributed by atoms with Gasteiger partial charge < -0.3 is 5.73 Å². The van der Waals surface area contributed by atoms with Crippen molar-refractivity contribution in [3.63, 3.8) is 0 Å². The molecule has 1 fully saturated rings. The van der Waals surface area contributed by atoms with E-state index in [4.69, 9.17) is 17.3 Å². The van der Waals surface area contributed by atoms with Crippen LogP contribution in [0.1, 0.15) is 63.3 Å². The van der Waals surface area contributed by atoms with Crippen LogP contribution in [0.5, 0.6) is 0 Å². The van der Waals surface area contributed by atoms with Crippen molar-refractivity contribution >= 4 is 11.6 Å². The molecular weight excluding hydrogens is 282 g/mol. The van der Waals surface area contributed by atoms with E-state index in [-0.39, 0.29) is 6.04 Å². The van der Waals surface area contributed by atoms with Gasteiger partial charge in [-0.15, -0.1) is 0 Å². The monoisotopic (exact) mass is 311 g/mol.